The molecule has 0 aliphatic heterocycles. The number of aromatic nitrogens is 1. The Bertz CT molecular complexity index is 537. The van der Waals surface area contributed by atoms with Gasteiger partial charge in [-0.1, -0.05) is 39.7 Å². The zero-order chi connectivity index (χ0) is 13.1. The van der Waals surface area contributed by atoms with E-state index in [-0.39, 0.29) is 10.6 Å². The molecule has 0 amide bonds. The molecular weight excluding hydrogens is 293 g/mol. The van der Waals surface area contributed by atoms with Crippen LogP contribution in [0, 0.1) is 19.7 Å². The van der Waals surface area contributed by atoms with Crippen LogP contribution in [0.1, 0.15) is 27.2 Å². The molecule has 0 radical (unpaired) electrons. The quantitative estimate of drug-likeness (QED) is 0.760. The number of nitrogens with zero attached hydrogens (tertiary/aromatic N) is 1. The van der Waals surface area contributed by atoms with Crippen molar-refractivity contribution in [1.29, 1.82) is 0 Å². The molecule has 1 aromatic heterocycles. The monoisotopic (exact) mass is 307 g/mol. The lowest BCUT2D eigenvalue weighted by Gasteiger charge is -2.12. The number of aryl methyl sites for hydroxylation is 2. The summed E-state index contributed by atoms with van der Waals surface area (Å²) in [7, 11) is 0. The first-order chi connectivity index (χ1) is 8.56. The first-order valence-corrected chi connectivity index (χ1v) is 6.79. The molecule has 0 bridgehead atoms. The van der Waals surface area contributed by atoms with Gasteiger partial charge in [0.1, 0.15) is 5.82 Å². The van der Waals surface area contributed by atoms with Gasteiger partial charge in [0.05, 0.1) is 0 Å². The maximum atomic E-state index is 13.7. The summed E-state index contributed by atoms with van der Waals surface area (Å²) in [6.45, 7) is 3.97. The van der Waals surface area contributed by atoms with Crippen LogP contribution in [0.25, 0.3) is 0 Å². The normalized spacial score (nSPS) is 12.4. The number of rotatable bonds is 3. The Balaban J connectivity index is 2.18. The van der Waals surface area contributed by atoms with E-state index in [0.717, 1.165) is 16.8 Å². The van der Waals surface area contributed by atoms with Gasteiger partial charge in [-0.15, -0.1) is 0 Å². The summed E-state index contributed by atoms with van der Waals surface area (Å²) < 4.78 is 13.7. The fourth-order valence-corrected chi connectivity index (χ4v) is 2.50. The van der Waals surface area contributed by atoms with Gasteiger partial charge in [-0.2, -0.15) is 0 Å². The van der Waals surface area contributed by atoms with E-state index in [2.05, 4.69) is 20.9 Å². The van der Waals surface area contributed by atoms with Crippen molar-refractivity contribution < 1.29 is 4.39 Å². The van der Waals surface area contributed by atoms with Crippen molar-refractivity contribution >= 4 is 15.9 Å². The van der Waals surface area contributed by atoms with Gasteiger partial charge in [0.25, 0.3) is 0 Å². The average Bonchev–Trinajstić information content (AvgIpc) is 2.35. The van der Waals surface area contributed by atoms with Gasteiger partial charge in [0.2, 0.25) is 0 Å². The Hall–Kier alpha value is -1.22. The largest absolute Gasteiger partial charge is 0.261 e. The second kappa shape index (κ2) is 5.61. The lowest BCUT2D eigenvalue weighted by atomic mass is 10.0. The smallest absolute Gasteiger partial charge is 0.127 e. The minimum absolute atomic E-state index is 0.0485. The van der Waals surface area contributed by atoms with E-state index in [0.29, 0.717) is 12.0 Å². The minimum Gasteiger partial charge on any atom is -0.261 e. The number of benzene rings is 1. The lowest BCUT2D eigenvalue weighted by Crippen LogP contribution is -2.01. The van der Waals surface area contributed by atoms with Crippen LogP contribution in [0.3, 0.4) is 0 Å². The van der Waals surface area contributed by atoms with Gasteiger partial charge < -0.3 is 0 Å². The number of hydrogen-bond donors (Lipinski definition) is 0. The van der Waals surface area contributed by atoms with Crippen LogP contribution < -0.4 is 0 Å². The van der Waals surface area contributed by atoms with Gasteiger partial charge in [0, 0.05) is 28.7 Å². The van der Waals surface area contributed by atoms with Crippen LogP contribution in [0.5, 0.6) is 0 Å². The topological polar surface area (TPSA) is 12.9 Å². The third kappa shape index (κ3) is 3.16. The molecule has 0 spiro atoms. The van der Waals surface area contributed by atoms with Crippen LogP contribution in [-0.2, 0) is 6.42 Å². The van der Waals surface area contributed by atoms with Crippen LogP contribution in [0.15, 0.2) is 36.5 Å². The Morgan fingerprint density at radius 2 is 1.89 bits per heavy atom. The number of alkyl halides is 1. The Morgan fingerprint density at radius 3 is 2.56 bits per heavy atom. The zero-order valence-corrected chi connectivity index (χ0v) is 12.0. The molecule has 1 aromatic carbocycles. The van der Waals surface area contributed by atoms with Crippen molar-refractivity contribution in [2.75, 3.05) is 0 Å². The average molecular weight is 308 g/mol. The van der Waals surface area contributed by atoms with E-state index in [9.17, 15) is 4.39 Å². The van der Waals surface area contributed by atoms with E-state index < -0.39 is 0 Å². The Labute approximate surface area is 115 Å². The molecule has 1 nitrogen and oxygen atoms in total. The van der Waals surface area contributed by atoms with Crippen molar-refractivity contribution in [1.82, 2.24) is 4.98 Å². The molecule has 18 heavy (non-hydrogen) atoms. The second-order valence-corrected chi connectivity index (χ2v) is 5.63. The number of pyridine rings is 1. The highest BCUT2D eigenvalue weighted by Gasteiger charge is 2.14. The Morgan fingerprint density at radius 1 is 1.17 bits per heavy atom. The van der Waals surface area contributed by atoms with E-state index in [1.54, 1.807) is 6.07 Å². The molecule has 0 aliphatic carbocycles. The highest BCUT2D eigenvalue weighted by molar-refractivity contribution is 9.09. The molecule has 0 N–H and O–H groups in total. The maximum Gasteiger partial charge on any atom is 0.127 e. The molecule has 1 heterocycles. The second-order valence-electron chi connectivity index (χ2n) is 4.52. The lowest BCUT2D eigenvalue weighted by molar-refractivity contribution is 0.606. The standard InChI is InChI=1S/C15H15BrFN/c1-10-4-6-15(17)13(7-10)14(16)8-12-5-3-11(2)9-18-12/h3-7,9,14H,8H2,1-2H3. The predicted octanol–water partition coefficient (Wildman–Crippen LogP) is 4.52. The van der Waals surface area contributed by atoms with Crippen LogP contribution in [0.4, 0.5) is 4.39 Å². The van der Waals surface area contributed by atoms with E-state index >= 15 is 0 Å². The fourth-order valence-electron chi connectivity index (χ4n) is 1.82. The Kier molecular flexibility index (Phi) is 4.12. The minimum atomic E-state index is -0.172. The van der Waals surface area contributed by atoms with Crippen LogP contribution >= 0.6 is 15.9 Å². The molecule has 0 saturated heterocycles. The highest BCUT2D eigenvalue weighted by Crippen LogP contribution is 2.29. The molecule has 3 heteroatoms. The van der Waals surface area contributed by atoms with Crippen molar-refractivity contribution in [2.45, 2.75) is 25.1 Å². The van der Waals surface area contributed by atoms with Crippen LogP contribution in [-0.4, -0.2) is 4.98 Å². The molecule has 2 aromatic rings. The van der Waals surface area contributed by atoms with Crippen molar-refractivity contribution in [2.24, 2.45) is 0 Å². The summed E-state index contributed by atoms with van der Waals surface area (Å²) in [6.07, 6.45) is 2.52. The molecule has 0 aliphatic rings. The fraction of sp³-hybridized carbons (Fsp3) is 0.267. The zero-order valence-electron chi connectivity index (χ0n) is 10.5. The summed E-state index contributed by atoms with van der Waals surface area (Å²) in [6, 6.07) is 9.18. The first-order valence-electron chi connectivity index (χ1n) is 5.88. The molecule has 1 atom stereocenters. The predicted molar refractivity (Wildman–Crippen MR) is 75.5 cm³/mol. The maximum absolute atomic E-state index is 13.7. The summed E-state index contributed by atoms with van der Waals surface area (Å²) in [5, 5.41) is 0. The highest BCUT2D eigenvalue weighted by atomic mass is 79.9. The number of hydrogen-bond acceptors (Lipinski definition) is 1. The van der Waals surface area contributed by atoms with Crippen molar-refractivity contribution in [3.05, 3.63) is 64.7 Å². The molecule has 1 unspecified atom stereocenters. The molecule has 94 valence electrons. The van der Waals surface area contributed by atoms with E-state index in [1.165, 1.54) is 6.07 Å². The molecule has 0 fully saturated rings. The van der Waals surface area contributed by atoms with Crippen LogP contribution in [0.2, 0.25) is 0 Å². The SMILES string of the molecule is Cc1ccc(CC(Br)c2cc(C)ccc2F)nc1. The van der Waals surface area contributed by atoms with Crippen molar-refractivity contribution in [3.63, 3.8) is 0 Å². The molecule has 0 saturated carbocycles. The van der Waals surface area contributed by atoms with Gasteiger partial charge in [-0.3, -0.25) is 4.98 Å². The van der Waals surface area contributed by atoms with Crippen molar-refractivity contribution in [3.8, 4) is 0 Å². The van der Waals surface area contributed by atoms with E-state index in [1.807, 2.05) is 38.2 Å². The van der Waals surface area contributed by atoms with E-state index in [4.69, 9.17) is 0 Å². The van der Waals surface area contributed by atoms with Gasteiger partial charge in [0.15, 0.2) is 0 Å². The summed E-state index contributed by atoms with van der Waals surface area (Å²) in [5.41, 5.74) is 3.85. The molecular formula is C15H15BrFN. The summed E-state index contributed by atoms with van der Waals surface area (Å²) in [4.78, 5) is 4.29. The first kappa shape index (κ1) is 13.2. The molecule has 2 rings (SSSR count). The summed E-state index contributed by atoms with van der Waals surface area (Å²) >= 11 is 3.55. The van der Waals surface area contributed by atoms with Gasteiger partial charge in [-0.05, 0) is 31.5 Å². The van der Waals surface area contributed by atoms with Gasteiger partial charge in [-0.25, -0.2) is 4.39 Å². The third-order valence-electron chi connectivity index (χ3n) is 2.85. The van der Waals surface area contributed by atoms with Gasteiger partial charge >= 0.3 is 0 Å². The third-order valence-corrected chi connectivity index (χ3v) is 3.67. The summed E-state index contributed by atoms with van der Waals surface area (Å²) in [5.74, 6) is -0.172. The number of halogens is 2.